The van der Waals surface area contributed by atoms with Crippen LogP contribution < -0.4 is 15.4 Å². The van der Waals surface area contributed by atoms with Gasteiger partial charge in [-0.15, -0.1) is 0 Å². The van der Waals surface area contributed by atoms with Crippen molar-refractivity contribution in [2.45, 2.75) is 18.9 Å². The molecule has 2 aliphatic rings. The molecule has 0 aliphatic carbocycles. The van der Waals surface area contributed by atoms with Gasteiger partial charge in [-0.1, -0.05) is 18.2 Å². The van der Waals surface area contributed by atoms with Crippen LogP contribution in [0.15, 0.2) is 24.3 Å². The molecule has 0 saturated carbocycles. The lowest BCUT2D eigenvalue weighted by molar-refractivity contribution is 0.288. The summed E-state index contributed by atoms with van der Waals surface area (Å²) in [5, 5.41) is 7.06. The Bertz CT molecular complexity index is 374. The van der Waals surface area contributed by atoms with Crippen molar-refractivity contribution in [2.24, 2.45) is 5.92 Å². The summed E-state index contributed by atoms with van der Waals surface area (Å²) in [6, 6.07) is 8.74. The maximum Gasteiger partial charge on any atom is 0.124 e. The van der Waals surface area contributed by atoms with E-state index in [-0.39, 0.29) is 0 Å². The van der Waals surface area contributed by atoms with Gasteiger partial charge in [-0.3, -0.25) is 0 Å². The van der Waals surface area contributed by atoms with Crippen LogP contribution >= 0.6 is 0 Å². The summed E-state index contributed by atoms with van der Waals surface area (Å²) in [6.07, 6.45) is 2.59. The van der Waals surface area contributed by atoms with E-state index < -0.39 is 0 Å². The number of hydrogen-bond donors (Lipinski definition) is 2. The Balaban J connectivity index is 1.56. The summed E-state index contributed by atoms with van der Waals surface area (Å²) < 4.78 is 5.68. The summed E-state index contributed by atoms with van der Waals surface area (Å²) in [5.41, 5.74) is 1.32. The van der Waals surface area contributed by atoms with Gasteiger partial charge in [-0.25, -0.2) is 0 Å². The first-order chi connectivity index (χ1) is 8.43. The zero-order valence-electron chi connectivity index (χ0n) is 10.1. The van der Waals surface area contributed by atoms with E-state index >= 15 is 0 Å². The van der Waals surface area contributed by atoms with Crippen LogP contribution in [0.25, 0.3) is 0 Å². The molecular weight excluding hydrogens is 212 g/mol. The van der Waals surface area contributed by atoms with Crippen LogP contribution in [-0.4, -0.2) is 26.2 Å². The topological polar surface area (TPSA) is 33.3 Å². The number of para-hydroxylation sites is 1. The number of fused-ring (bicyclic) bond motifs is 1. The molecule has 2 aliphatic heterocycles. The van der Waals surface area contributed by atoms with Gasteiger partial charge in [0.2, 0.25) is 0 Å². The van der Waals surface area contributed by atoms with E-state index in [1.165, 1.54) is 31.5 Å². The minimum atomic E-state index is 0.390. The van der Waals surface area contributed by atoms with Gasteiger partial charge in [0.25, 0.3) is 0 Å². The molecule has 1 unspecified atom stereocenters. The maximum absolute atomic E-state index is 5.68. The molecule has 1 fully saturated rings. The third-order valence-corrected chi connectivity index (χ3v) is 3.81. The maximum atomic E-state index is 5.68. The quantitative estimate of drug-likeness (QED) is 0.832. The molecule has 3 heteroatoms. The van der Waals surface area contributed by atoms with E-state index in [9.17, 15) is 0 Å². The number of ether oxygens (including phenoxy) is 1. The van der Waals surface area contributed by atoms with Crippen LogP contribution in [0.3, 0.4) is 0 Å². The number of hydrogen-bond acceptors (Lipinski definition) is 3. The van der Waals surface area contributed by atoms with E-state index in [2.05, 4.69) is 28.8 Å². The van der Waals surface area contributed by atoms with Gasteiger partial charge in [0.05, 0.1) is 6.04 Å². The number of rotatable bonds is 3. The Labute approximate surface area is 103 Å². The van der Waals surface area contributed by atoms with Gasteiger partial charge < -0.3 is 15.4 Å². The van der Waals surface area contributed by atoms with Gasteiger partial charge in [0.1, 0.15) is 12.4 Å². The smallest absolute Gasteiger partial charge is 0.124 e. The molecule has 3 rings (SSSR count). The van der Waals surface area contributed by atoms with Gasteiger partial charge in [-0.05, 0) is 44.5 Å². The lowest BCUT2D eigenvalue weighted by atomic mass is 9.97. The fourth-order valence-corrected chi connectivity index (χ4v) is 2.73. The number of benzene rings is 1. The minimum Gasteiger partial charge on any atom is -0.491 e. The van der Waals surface area contributed by atoms with Crippen molar-refractivity contribution in [2.75, 3.05) is 26.2 Å². The summed E-state index contributed by atoms with van der Waals surface area (Å²) in [7, 11) is 0. The lowest BCUT2D eigenvalue weighted by Crippen LogP contribution is -2.35. The van der Waals surface area contributed by atoms with Crippen molar-refractivity contribution in [3.05, 3.63) is 29.8 Å². The van der Waals surface area contributed by atoms with Gasteiger partial charge in [0.15, 0.2) is 0 Å². The molecule has 1 aromatic rings. The van der Waals surface area contributed by atoms with Crippen LogP contribution in [-0.2, 0) is 0 Å². The average molecular weight is 232 g/mol. The van der Waals surface area contributed by atoms with Crippen molar-refractivity contribution in [3.63, 3.8) is 0 Å². The fourth-order valence-electron chi connectivity index (χ4n) is 2.73. The van der Waals surface area contributed by atoms with E-state index in [4.69, 9.17) is 4.74 Å². The van der Waals surface area contributed by atoms with Crippen molar-refractivity contribution in [1.82, 2.24) is 10.6 Å². The Kier molecular flexibility index (Phi) is 3.29. The predicted molar refractivity (Wildman–Crippen MR) is 68.3 cm³/mol. The molecule has 1 saturated heterocycles. The third kappa shape index (κ3) is 2.45. The highest BCUT2D eigenvalue weighted by molar-refractivity contribution is 5.39. The van der Waals surface area contributed by atoms with E-state index in [1.54, 1.807) is 0 Å². The highest BCUT2D eigenvalue weighted by Gasteiger charge is 2.24. The predicted octanol–water partition coefficient (Wildman–Crippen LogP) is 1.71. The lowest BCUT2D eigenvalue weighted by Gasteiger charge is -2.24. The second-order valence-corrected chi connectivity index (χ2v) is 5.00. The molecule has 92 valence electrons. The summed E-state index contributed by atoms with van der Waals surface area (Å²) in [6.45, 7) is 4.24. The number of nitrogens with one attached hydrogen (secondary N) is 2. The first-order valence-corrected chi connectivity index (χ1v) is 6.59. The van der Waals surface area contributed by atoms with Crippen LogP contribution in [0.5, 0.6) is 5.75 Å². The van der Waals surface area contributed by atoms with Crippen LogP contribution in [0.2, 0.25) is 0 Å². The normalized spacial score (nSPS) is 24.4. The van der Waals surface area contributed by atoms with Gasteiger partial charge in [0, 0.05) is 5.56 Å². The summed E-state index contributed by atoms with van der Waals surface area (Å²) in [4.78, 5) is 0. The van der Waals surface area contributed by atoms with E-state index in [0.717, 1.165) is 24.8 Å². The van der Waals surface area contributed by atoms with Crippen molar-refractivity contribution in [3.8, 4) is 5.75 Å². The van der Waals surface area contributed by atoms with Gasteiger partial charge in [-0.2, -0.15) is 0 Å². The minimum absolute atomic E-state index is 0.390. The van der Waals surface area contributed by atoms with Crippen molar-refractivity contribution >= 4 is 0 Å². The molecule has 0 radical (unpaired) electrons. The van der Waals surface area contributed by atoms with Crippen molar-refractivity contribution in [1.29, 1.82) is 0 Å². The summed E-state index contributed by atoms with van der Waals surface area (Å²) >= 11 is 0. The molecule has 1 atom stereocenters. The average Bonchev–Trinajstić information content (AvgIpc) is 2.81. The molecule has 0 bridgehead atoms. The van der Waals surface area contributed by atoms with Gasteiger partial charge >= 0.3 is 0 Å². The largest absolute Gasteiger partial charge is 0.491 e. The third-order valence-electron chi connectivity index (χ3n) is 3.81. The van der Waals surface area contributed by atoms with Crippen molar-refractivity contribution < 1.29 is 4.74 Å². The molecule has 2 heterocycles. The second-order valence-electron chi connectivity index (χ2n) is 5.00. The molecule has 3 nitrogen and oxygen atoms in total. The second kappa shape index (κ2) is 5.07. The Morgan fingerprint density at radius 2 is 2.06 bits per heavy atom. The zero-order valence-corrected chi connectivity index (χ0v) is 10.1. The zero-order chi connectivity index (χ0) is 11.5. The molecule has 0 amide bonds. The SMILES string of the molecule is c1ccc2c(c1)OCC2NCC1CCNCC1. The monoisotopic (exact) mass is 232 g/mol. The standard InChI is InChI=1S/C14H20N2O/c1-2-4-14-12(3-1)13(10-17-14)16-9-11-5-7-15-8-6-11/h1-4,11,13,15-16H,5-10H2. The van der Waals surface area contributed by atoms with E-state index in [0.29, 0.717) is 6.04 Å². The molecule has 17 heavy (non-hydrogen) atoms. The Hall–Kier alpha value is -1.06. The summed E-state index contributed by atoms with van der Waals surface area (Å²) in [5.74, 6) is 1.87. The van der Waals surface area contributed by atoms with E-state index in [1.807, 2.05) is 6.07 Å². The first-order valence-electron chi connectivity index (χ1n) is 6.59. The Morgan fingerprint density at radius 3 is 2.94 bits per heavy atom. The molecule has 1 aromatic carbocycles. The van der Waals surface area contributed by atoms with Crippen LogP contribution in [0.4, 0.5) is 0 Å². The number of piperidine rings is 1. The molecule has 0 aromatic heterocycles. The van der Waals surface area contributed by atoms with Crippen LogP contribution in [0, 0.1) is 5.92 Å². The highest BCUT2D eigenvalue weighted by Crippen LogP contribution is 2.31. The first kappa shape index (κ1) is 11.1. The highest BCUT2D eigenvalue weighted by atomic mass is 16.5. The fraction of sp³-hybridized carbons (Fsp3) is 0.571. The molecular formula is C14H20N2O. The Morgan fingerprint density at radius 1 is 1.24 bits per heavy atom. The molecule has 0 spiro atoms. The molecule has 2 N–H and O–H groups in total. The van der Waals surface area contributed by atoms with Crippen LogP contribution in [0.1, 0.15) is 24.4 Å².